The van der Waals surface area contributed by atoms with E-state index >= 15 is 0 Å². The van der Waals surface area contributed by atoms with Gasteiger partial charge >= 0.3 is 0 Å². The fourth-order valence-electron chi connectivity index (χ4n) is 3.60. The van der Waals surface area contributed by atoms with Crippen molar-refractivity contribution in [2.24, 2.45) is 5.10 Å². The van der Waals surface area contributed by atoms with Crippen molar-refractivity contribution in [2.75, 3.05) is 0 Å². The third-order valence-electron chi connectivity index (χ3n) is 4.99. The van der Waals surface area contributed by atoms with Gasteiger partial charge in [-0.1, -0.05) is 66.7 Å². The molecule has 0 saturated carbocycles. The van der Waals surface area contributed by atoms with Crippen molar-refractivity contribution < 1.29 is 4.79 Å². The van der Waals surface area contributed by atoms with Crippen LogP contribution < -0.4 is 5.43 Å². The number of para-hydroxylation sites is 2. The number of carbonyl (C=O) groups is 1. The minimum Gasteiger partial charge on any atom is -0.350 e. The maximum atomic E-state index is 12.9. The van der Waals surface area contributed by atoms with Gasteiger partial charge in [0.25, 0.3) is 5.91 Å². The summed E-state index contributed by atoms with van der Waals surface area (Å²) in [5.41, 5.74) is 7.60. The Kier molecular flexibility index (Phi) is 4.54. The summed E-state index contributed by atoms with van der Waals surface area (Å²) in [6.07, 6.45) is 3.33. The minimum atomic E-state index is -0.296. The zero-order valence-corrected chi connectivity index (χ0v) is 16.0. The lowest BCUT2D eigenvalue weighted by Gasteiger charge is -2.04. The van der Waals surface area contributed by atoms with Crippen molar-refractivity contribution in [3.05, 3.63) is 102 Å². The highest BCUT2D eigenvalue weighted by atomic mass is 16.2. The number of hydrogen-bond donors (Lipinski definition) is 2. The van der Waals surface area contributed by atoms with Crippen LogP contribution in [0.1, 0.15) is 16.1 Å². The number of rotatable bonds is 4. The van der Waals surface area contributed by atoms with Crippen LogP contribution >= 0.6 is 0 Å². The molecule has 0 aliphatic carbocycles. The van der Waals surface area contributed by atoms with E-state index in [-0.39, 0.29) is 5.91 Å². The fourth-order valence-corrected chi connectivity index (χ4v) is 3.60. The monoisotopic (exact) mass is 390 g/mol. The number of pyridine rings is 1. The number of hydrazone groups is 1. The van der Waals surface area contributed by atoms with Gasteiger partial charge in [-0.2, -0.15) is 5.10 Å². The average Bonchev–Trinajstić information content (AvgIpc) is 3.19. The van der Waals surface area contributed by atoms with E-state index in [0.29, 0.717) is 5.69 Å². The molecule has 2 heterocycles. The van der Waals surface area contributed by atoms with Crippen LogP contribution in [0, 0.1) is 0 Å². The van der Waals surface area contributed by atoms with E-state index in [0.717, 1.165) is 38.5 Å². The SMILES string of the molecule is O=C(N/N=C\c1cnc2ccccc2c1)c1[nH]c2ccccc2c1-c1ccccc1. The van der Waals surface area contributed by atoms with Crippen molar-refractivity contribution >= 4 is 33.9 Å². The number of aromatic amines is 1. The summed E-state index contributed by atoms with van der Waals surface area (Å²) in [7, 11) is 0. The Balaban J connectivity index is 1.45. The summed E-state index contributed by atoms with van der Waals surface area (Å²) >= 11 is 0. The first-order valence-corrected chi connectivity index (χ1v) is 9.64. The van der Waals surface area contributed by atoms with E-state index in [2.05, 4.69) is 20.5 Å². The first-order chi connectivity index (χ1) is 14.8. The second-order valence-electron chi connectivity index (χ2n) is 6.95. The number of nitrogens with zero attached hydrogens (tertiary/aromatic N) is 2. The Hall–Kier alpha value is -4.25. The zero-order valence-electron chi connectivity index (χ0n) is 16.0. The Bertz CT molecular complexity index is 1390. The third kappa shape index (κ3) is 3.33. The number of amides is 1. The van der Waals surface area contributed by atoms with Gasteiger partial charge in [-0.15, -0.1) is 0 Å². The standard InChI is InChI=1S/C25H18N4O/c30-25(29-27-16-17-14-19-10-4-6-12-21(19)26-15-17)24-23(18-8-2-1-3-9-18)20-11-5-7-13-22(20)28-24/h1-16,28H,(H,29,30)/b27-16-. The Labute approximate surface area is 173 Å². The molecule has 5 nitrogen and oxygen atoms in total. The van der Waals surface area contributed by atoms with Gasteiger partial charge in [0.1, 0.15) is 5.69 Å². The van der Waals surface area contributed by atoms with Gasteiger partial charge < -0.3 is 4.98 Å². The first-order valence-electron chi connectivity index (χ1n) is 9.64. The van der Waals surface area contributed by atoms with E-state index in [1.165, 1.54) is 0 Å². The molecule has 144 valence electrons. The van der Waals surface area contributed by atoms with Crippen LogP contribution in [0.4, 0.5) is 0 Å². The molecular weight excluding hydrogens is 372 g/mol. The second kappa shape index (κ2) is 7.64. The molecule has 0 spiro atoms. The maximum Gasteiger partial charge on any atom is 0.288 e. The molecular formula is C25H18N4O. The van der Waals surface area contributed by atoms with Crippen molar-refractivity contribution in [3.8, 4) is 11.1 Å². The van der Waals surface area contributed by atoms with Crippen LogP contribution in [0.5, 0.6) is 0 Å². The molecule has 5 aromatic rings. The molecule has 0 aliphatic rings. The molecule has 5 rings (SSSR count). The molecule has 5 heteroatoms. The summed E-state index contributed by atoms with van der Waals surface area (Å²) in [6.45, 7) is 0. The molecule has 0 fully saturated rings. The number of aromatic nitrogens is 2. The molecule has 30 heavy (non-hydrogen) atoms. The zero-order chi connectivity index (χ0) is 20.3. The maximum absolute atomic E-state index is 12.9. The van der Waals surface area contributed by atoms with Crippen molar-refractivity contribution in [1.82, 2.24) is 15.4 Å². The first kappa shape index (κ1) is 17.8. The van der Waals surface area contributed by atoms with Crippen LogP contribution in [0.3, 0.4) is 0 Å². The van der Waals surface area contributed by atoms with Gasteiger partial charge in [0.05, 0.1) is 11.7 Å². The largest absolute Gasteiger partial charge is 0.350 e. The molecule has 2 aromatic heterocycles. The molecule has 0 atom stereocenters. The Morgan fingerprint density at radius 3 is 2.60 bits per heavy atom. The lowest BCUT2D eigenvalue weighted by molar-refractivity contribution is 0.0951. The topological polar surface area (TPSA) is 70.1 Å². The molecule has 0 aliphatic heterocycles. The number of nitrogens with one attached hydrogen (secondary N) is 2. The predicted octanol–water partition coefficient (Wildman–Crippen LogP) is 5.15. The van der Waals surface area contributed by atoms with E-state index in [1.54, 1.807) is 12.4 Å². The molecule has 1 amide bonds. The molecule has 0 radical (unpaired) electrons. The van der Waals surface area contributed by atoms with E-state index in [1.807, 2.05) is 84.9 Å². The van der Waals surface area contributed by atoms with Crippen LogP contribution in [0.2, 0.25) is 0 Å². The average molecular weight is 390 g/mol. The highest BCUT2D eigenvalue weighted by Gasteiger charge is 2.18. The van der Waals surface area contributed by atoms with E-state index in [4.69, 9.17) is 0 Å². The highest BCUT2D eigenvalue weighted by Crippen LogP contribution is 2.32. The summed E-state index contributed by atoms with van der Waals surface area (Å²) in [4.78, 5) is 20.6. The summed E-state index contributed by atoms with van der Waals surface area (Å²) in [6, 6.07) is 27.6. The lowest BCUT2D eigenvalue weighted by Crippen LogP contribution is -2.18. The number of carbonyl (C=O) groups excluding carboxylic acids is 1. The molecule has 2 N–H and O–H groups in total. The van der Waals surface area contributed by atoms with Crippen LogP contribution in [-0.4, -0.2) is 22.1 Å². The van der Waals surface area contributed by atoms with Crippen molar-refractivity contribution in [3.63, 3.8) is 0 Å². The minimum absolute atomic E-state index is 0.296. The smallest absolute Gasteiger partial charge is 0.288 e. The normalized spacial score (nSPS) is 11.3. The Morgan fingerprint density at radius 1 is 0.933 bits per heavy atom. The molecule has 3 aromatic carbocycles. The number of fused-ring (bicyclic) bond motifs is 2. The van der Waals surface area contributed by atoms with Gasteiger partial charge in [0.15, 0.2) is 0 Å². The van der Waals surface area contributed by atoms with E-state index in [9.17, 15) is 4.79 Å². The van der Waals surface area contributed by atoms with Gasteiger partial charge in [0.2, 0.25) is 0 Å². The van der Waals surface area contributed by atoms with Gasteiger partial charge in [-0.05, 0) is 23.8 Å². The van der Waals surface area contributed by atoms with Crippen LogP contribution in [-0.2, 0) is 0 Å². The second-order valence-corrected chi connectivity index (χ2v) is 6.95. The molecule has 0 saturated heterocycles. The van der Waals surface area contributed by atoms with Crippen molar-refractivity contribution in [1.29, 1.82) is 0 Å². The summed E-state index contributed by atoms with van der Waals surface area (Å²) in [5.74, 6) is -0.296. The predicted molar refractivity (Wildman–Crippen MR) is 121 cm³/mol. The van der Waals surface area contributed by atoms with E-state index < -0.39 is 0 Å². The quantitative estimate of drug-likeness (QED) is 0.329. The molecule has 0 unspecified atom stereocenters. The fraction of sp³-hybridized carbons (Fsp3) is 0. The number of benzene rings is 3. The number of H-pyrrole nitrogens is 1. The van der Waals surface area contributed by atoms with Crippen LogP contribution in [0.15, 0.2) is 96.2 Å². The highest BCUT2D eigenvalue weighted by molar-refractivity contribution is 6.09. The van der Waals surface area contributed by atoms with Gasteiger partial charge in [-0.25, -0.2) is 5.43 Å². The summed E-state index contributed by atoms with van der Waals surface area (Å²) in [5, 5.41) is 6.16. The summed E-state index contributed by atoms with van der Waals surface area (Å²) < 4.78 is 0. The van der Waals surface area contributed by atoms with Gasteiger partial charge in [-0.3, -0.25) is 9.78 Å². The van der Waals surface area contributed by atoms with Crippen LogP contribution in [0.25, 0.3) is 32.9 Å². The van der Waals surface area contributed by atoms with Gasteiger partial charge in [0, 0.05) is 33.6 Å². The lowest BCUT2D eigenvalue weighted by atomic mass is 10.0. The molecule has 0 bridgehead atoms. The Morgan fingerprint density at radius 2 is 1.70 bits per heavy atom. The number of hydrogen-bond acceptors (Lipinski definition) is 3. The third-order valence-corrected chi connectivity index (χ3v) is 4.99. The van der Waals surface area contributed by atoms with Crippen molar-refractivity contribution in [2.45, 2.75) is 0 Å².